The van der Waals surface area contributed by atoms with E-state index in [1.54, 1.807) is 13.8 Å². The largest absolute Gasteiger partial charge is 0.394 e. The average molecular weight is 612 g/mol. The molecule has 0 radical (unpaired) electrons. The number of nitrogens with two attached hydrogens (primary N) is 5. The Morgan fingerprint density at radius 3 is 1.98 bits per heavy atom. The Labute approximate surface area is 244 Å². The van der Waals surface area contributed by atoms with Crippen LogP contribution in [0.15, 0.2) is 0 Å². The summed E-state index contributed by atoms with van der Waals surface area (Å²) in [6.45, 7) is 2.63. The highest BCUT2D eigenvalue weighted by Gasteiger charge is 2.53. The van der Waals surface area contributed by atoms with Gasteiger partial charge < -0.3 is 87.7 Å². The van der Waals surface area contributed by atoms with Gasteiger partial charge in [-0.2, -0.15) is 0 Å². The molecule has 246 valence electrons. The van der Waals surface area contributed by atoms with Crippen molar-refractivity contribution in [3.05, 3.63) is 0 Å². The number of rotatable bonds is 9. The molecule has 1 aliphatic carbocycles. The van der Waals surface area contributed by atoms with E-state index in [0.717, 1.165) is 0 Å². The van der Waals surface area contributed by atoms with Crippen LogP contribution in [0.4, 0.5) is 0 Å². The van der Waals surface area contributed by atoms with E-state index in [2.05, 4.69) is 0 Å². The van der Waals surface area contributed by atoms with Crippen molar-refractivity contribution in [3.8, 4) is 0 Å². The molecule has 3 heterocycles. The SMILES string of the molecule is C[C@H](N)[C@@H]1C[C@@H](O)[C@@H](N)[C@@H](O[C@H]2[C@H](O[C@@H]3O[C@H](CO)[C@@H](OC4O[C@@H](CN)[C@@H](O)[C@H](O)[C@H]4C)[C@H]3O)[C@@H](O)[C@H](N)C[C@@H]2N)O1. The maximum atomic E-state index is 11.2. The van der Waals surface area contributed by atoms with Crippen LogP contribution in [0.3, 0.4) is 0 Å². The van der Waals surface area contributed by atoms with Crippen LogP contribution >= 0.6 is 0 Å². The highest BCUT2D eigenvalue weighted by molar-refractivity contribution is 5.01. The standard InChI is InChI=1S/C25H49N5O12/c1-7-16(33)18(35)13(5-26)38-23(7)41-21-14(6-31)39-25(19(21)36)42-22-17(34)9(28)3-10(29)20(22)40-24-15(30)11(32)4-12(37-24)8(2)27/h7-25,31-36H,3-6,26-30H2,1-2H3/t7-,8+,9-,10+,11-,12+,13+,14-,15-,16-,17+,18-,19-,20-,21-,22-,23?,24-,25+/m1/s1. The first-order valence-corrected chi connectivity index (χ1v) is 14.4. The van der Waals surface area contributed by atoms with E-state index in [4.69, 9.17) is 57.1 Å². The van der Waals surface area contributed by atoms with Gasteiger partial charge in [-0.15, -0.1) is 0 Å². The predicted octanol–water partition coefficient (Wildman–Crippen LogP) is -6.17. The van der Waals surface area contributed by atoms with Gasteiger partial charge in [0.2, 0.25) is 0 Å². The molecule has 0 spiro atoms. The monoisotopic (exact) mass is 611 g/mol. The molecule has 1 saturated carbocycles. The summed E-state index contributed by atoms with van der Waals surface area (Å²) in [5.74, 6) is -0.724. The average Bonchev–Trinajstić information content (AvgIpc) is 3.24. The van der Waals surface area contributed by atoms with Crippen LogP contribution in [0.5, 0.6) is 0 Å². The molecule has 1 unspecified atom stereocenters. The van der Waals surface area contributed by atoms with Gasteiger partial charge in [0.15, 0.2) is 18.9 Å². The first-order chi connectivity index (χ1) is 19.8. The van der Waals surface area contributed by atoms with Crippen LogP contribution in [0.2, 0.25) is 0 Å². The summed E-state index contributed by atoms with van der Waals surface area (Å²) < 4.78 is 35.5. The van der Waals surface area contributed by atoms with Crippen molar-refractivity contribution in [1.82, 2.24) is 0 Å². The molecule has 17 heteroatoms. The lowest BCUT2D eigenvalue weighted by atomic mass is 9.84. The Bertz CT molecular complexity index is 865. The van der Waals surface area contributed by atoms with Gasteiger partial charge in [-0.1, -0.05) is 6.92 Å². The van der Waals surface area contributed by atoms with Crippen LogP contribution in [0.25, 0.3) is 0 Å². The van der Waals surface area contributed by atoms with Crippen LogP contribution in [0.1, 0.15) is 26.7 Å². The third kappa shape index (κ3) is 6.92. The zero-order valence-corrected chi connectivity index (χ0v) is 23.8. The van der Waals surface area contributed by atoms with Crippen LogP contribution in [0, 0.1) is 5.92 Å². The van der Waals surface area contributed by atoms with E-state index in [9.17, 15) is 30.6 Å². The fraction of sp³-hybridized carbons (Fsp3) is 1.00. The van der Waals surface area contributed by atoms with Gasteiger partial charge in [0.1, 0.15) is 42.7 Å². The maximum absolute atomic E-state index is 11.2. The van der Waals surface area contributed by atoms with Gasteiger partial charge in [-0.25, -0.2) is 0 Å². The molecule has 0 bridgehead atoms. The van der Waals surface area contributed by atoms with E-state index in [-0.39, 0.29) is 19.4 Å². The van der Waals surface area contributed by atoms with E-state index < -0.39 is 123 Å². The van der Waals surface area contributed by atoms with Gasteiger partial charge in [-0.3, -0.25) is 0 Å². The van der Waals surface area contributed by atoms with E-state index in [1.165, 1.54) is 0 Å². The van der Waals surface area contributed by atoms with Crippen molar-refractivity contribution < 1.29 is 59.1 Å². The summed E-state index contributed by atoms with van der Waals surface area (Å²) in [6, 6.07) is -2.97. The van der Waals surface area contributed by atoms with E-state index >= 15 is 0 Å². The molecule has 0 aromatic carbocycles. The second-order valence-corrected chi connectivity index (χ2v) is 12.0. The third-order valence-electron chi connectivity index (χ3n) is 8.78. The molecule has 4 fully saturated rings. The van der Waals surface area contributed by atoms with Crippen LogP contribution in [-0.4, -0.2) is 154 Å². The van der Waals surface area contributed by atoms with Crippen molar-refractivity contribution in [1.29, 1.82) is 0 Å². The third-order valence-corrected chi connectivity index (χ3v) is 8.78. The molecule has 16 N–H and O–H groups in total. The number of hydrogen-bond acceptors (Lipinski definition) is 17. The van der Waals surface area contributed by atoms with Gasteiger partial charge >= 0.3 is 0 Å². The second-order valence-electron chi connectivity index (χ2n) is 12.0. The topological polar surface area (TPSA) is 307 Å². The highest BCUT2D eigenvalue weighted by atomic mass is 16.8. The molecule has 0 aromatic rings. The van der Waals surface area contributed by atoms with E-state index in [1.807, 2.05) is 0 Å². The quantitative estimate of drug-likeness (QED) is 0.115. The maximum Gasteiger partial charge on any atom is 0.187 e. The van der Waals surface area contributed by atoms with Gasteiger partial charge in [0.05, 0.1) is 37.1 Å². The smallest absolute Gasteiger partial charge is 0.187 e. The van der Waals surface area contributed by atoms with E-state index in [0.29, 0.717) is 0 Å². The number of aliphatic hydroxyl groups excluding tert-OH is 6. The van der Waals surface area contributed by atoms with Crippen molar-refractivity contribution in [2.45, 2.75) is 137 Å². The Kier molecular flexibility index (Phi) is 11.5. The summed E-state index contributed by atoms with van der Waals surface area (Å²) in [4.78, 5) is 0. The summed E-state index contributed by atoms with van der Waals surface area (Å²) in [7, 11) is 0. The molecule has 0 aromatic heterocycles. The van der Waals surface area contributed by atoms with Gasteiger partial charge in [0.25, 0.3) is 0 Å². The molecule has 17 nitrogen and oxygen atoms in total. The fourth-order valence-corrected chi connectivity index (χ4v) is 5.98. The highest BCUT2D eigenvalue weighted by Crippen LogP contribution is 2.35. The van der Waals surface area contributed by atoms with Gasteiger partial charge in [0, 0.05) is 37.0 Å². The molecule has 4 aliphatic rings. The van der Waals surface area contributed by atoms with Crippen LogP contribution < -0.4 is 28.7 Å². The zero-order valence-electron chi connectivity index (χ0n) is 23.8. The predicted molar refractivity (Wildman–Crippen MR) is 143 cm³/mol. The molecule has 42 heavy (non-hydrogen) atoms. The second kappa shape index (κ2) is 14.2. The normalized spacial score (nSPS) is 52.8. The Balaban J connectivity index is 1.49. The number of ether oxygens (including phenoxy) is 6. The lowest BCUT2D eigenvalue weighted by Gasteiger charge is -2.46. The molecule has 3 aliphatic heterocycles. The molecule has 0 amide bonds. The Morgan fingerprint density at radius 2 is 1.36 bits per heavy atom. The molecular formula is C25H49N5O12. The first kappa shape index (κ1) is 34.2. The van der Waals surface area contributed by atoms with Crippen molar-refractivity contribution >= 4 is 0 Å². The Hall–Kier alpha value is -0.680. The van der Waals surface area contributed by atoms with Crippen molar-refractivity contribution in [2.24, 2.45) is 34.6 Å². The summed E-state index contributed by atoms with van der Waals surface area (Å²) in [5, 5.41) is 63.3. The minimum atomic E-state index is -1.52. The Morgan fingerprint density at radius 1 is 0.738 bits per heavy atom. The van der Waals surface area contributed by atoms with Crippen LogP contribution in [-0.2, 0) is 28.4 Å². The first-order valence-electron chi connectivity index (χ1n) is 14.4. The lowest BCUT2D eigenvalue weighted by Crippen LogP contribution is -2.66. The van der Waals surface area contributed by atoms with Crippen molar-refractivity contribution in [3.63, 3.8) is 0 Å². The molecule has 4 rings (SSSR count). The molecule has 3 saturated heterocycles. The van der Waals surface area contributed by atoms with Crippen molar-refractivity contribution in [2.75, 3.05) is 13.2 Å². The minimum absolute atomic E-state index is 0.0957. The molecular weight excluding hydrogens is 562 g/mol. The fourth-order valence-electron chi connectivity index (χ4n) is 5.98. The summed E-state index contributed by atoms with van der Waals surface area (Å²) in [5.41, 5.74) is 30.3. The summed E-state index contributed by atoms with van der Waals surface area (Å²) >= 11 is 0. The minimum Gasteiger partial charge on any atom is -0.394 e. The summed E-state index contributed by atoms with van der Waals surface area (Å²) in [6.07, 6.45) is -15.7. The lowest BCUT2D eigenvalue weighted by molar-refractivity contribution is -0.299. The molecule has 19 atom stereocenters. The van der Waals surface area contributed by atoms with Gasteiger partial charge in [-0.05, 0) is 13.3 Å². The number of hydrogen-bond donors (Lipinski definition) is 11. The zero-order chi connectivity index (χ0) is 31.0. The number of aliphatic hydroxyl groups is 6.